The van der Waals surface area contributed by atoms with Crippen molar-refractivity contribution in [1.82, 2.24) is 10.0 Å². The number of anilines is 1. The van der Waals surface area contributed by atoms with E-state index in [1.165, 1.54) is 24.3 Å². The van der Waals surface area contributed by atoms with Gasteiger partial charge in [0.1, 0.15) is 5.60 Å². The molecule has 2 atom stereocenters. The molecule has 0 unspecified atom stereocenters. The van der Waals surface area contributed by atoms with E-state index in [1.54, 1.807) is 20.8 Å². The average molecular weight is 468 g/mol. The van der Waals surface area contributed by atoms with Gasteiger partial charge in [-0.1, -0.05) is 60.7 Å². The van der Waals surface area contributed by atoms with Crippen molar-refractivity contribution >= 4 is 21.8 Å². The molecule has 33 heavy (non-hydrogen) atoms. The number of hydrogen-bond donors (Lipinski definition) is 3. The minimum Gasteiger partial charge on any atom is -0.444 e. The number of ether oxygens (including phenoxy) is 1. The molecule has 3 rings (SSSR count). The molecule has 4 N–H and O–H groups in total. The van der Waals surface area contributed by atoms with E-state index in [1.807, 2.05) is 60.7 Å². The first-order chi connectivity index (χ1) is 15.5. The molecular formula is C25H29N3O4S. The second kappa shape index (κ2) is 10.1. The highest BCUT2D eigenvalue weighted by molar-refractivity contribution is 7.89. The Kier molecular flexibility index (Phi) is 7.40. The molecule has 1 amide bonds. The van der Waals surface area contributed by atoms with Gasteiger partial charge in [-0.3, -0.25) is 0 Å². The van der Waals surface area contributed by atoms with Gasteiger partial charge in [-0.15, -0.1) is 0 Å². The van der Waals surface area contributed by atoms with Crippen LogP contribution in [0.25, 0.3) is 0 Å². The number of nitrogen functional groups attached to an aromatic ring is 1. The van der Waals surface area contributed by atoms with Crippen LogP contribution in [-0.2, 0) is 14.8 Å². The maximum atomic E-state index is 13.3. The summed E-state index contributed by atoms with van der Waals surface area (Å²) in [5.41, 5.74) is 6.87. The van der Waals surface area contributed by atoms with Crippen LogP contribution in [0.15, 0.2) is 89.8 Å². The highest BCUT2D eigenvalue weighted by Gasteiger charge is 2.32. The molecule has 7 nitrogen and oxygen atoms in total. The Morgan fingerprint density at radius 1 is 0.818 bits per heavy atom. The van der Waals surface area contributed by atoms with E-state index in [4.69, 9.17) is 10.5 Å². The number of carbonyl (C=O) groups is 1. The first-order valence-corrected chi connectivity index (χ1v) is 12.0. The summed E-state index contributed by atoms with van der Waals surface area (Å²) in [6, 6.07) is 22.6. The van der Waals surface area contributed by atoms with E-state index in [-0.39, 0.29) is 4.90 Å². The van der Waals surface area contributed by atoms with Gasteiger partial charge in [0.05, 0.1) is 17.0 Å². The molecule has 8 heteroatoms. The minimum absolute atomic E-state index is 0.0710. The van der Waals surface area contributed by atoms with Crippen LogP contribution in [-0.4, -0.2) is 20.1 Å². The van der Waals surface area contributed by atoms with Crippen LogP contribution in [0, 0.1) is 0 Å². The highest BCUT2D eigenvalue weighted by atomic mass is 32.2. The second-order valence-corrected chi connectivity index (χ2v) is 10.3. The first-order valence-electron chi connectivity index (χ1n) is 10.5. The van der Waals surface area contributed by atoms with E-state index < -0.39 is 33.8 Å². The molecule has 0 saturated carbocycles. The lowest BCUT2D eigenvalue weighted by molar-refractivity contribution is 0.0493. The molecular weight excluding hydrogens is 438 g/mol. The molecule has 0 aliphatic heterocycles. The van der Waals surface area contributed by atoms with Crippen molar-refractivity contribution in [2.24, 2.45) is 0 Å². The summed E-state index contributed by atoms with van der Waals surface area (Å²) in [6.07, 6.45) is -0.649. The van der Waals surface area contributed by atoms with Gasteiger partial charge >= 0.3 is 6.09 Å². The standard InChI is InChI=1S/C25H29N3O4S/c1-25(2,3)32-24(29)27-22(18-10-6-4-7-11-18)23(19-12-8-5-9-13-19)28-33(30,31)21-16-14-20(26)15-17-21/h4-17,22-23,28H,26H2,1-3H3,(H,27,29)/t22-,23-/m0/s1. The first kappa shape index (κ1) is 24.3. The van der Waals surface area contributed by atoms with Gasteiger partial charge in [0.2, 0.25) is 10.0 Å². The molecule has 3 aromatic rings. The lowest BCUT2D eigenvalue weighted by atomic mass is 9.94. The zero-order chi connectivity index (χ0) is 24.1. The van der Waals surface area contributed by atoms with Gasteiger partial charge in [-0.25, -0.2) is 17.9 Å². The summed E-state index contributed by atoms with van der Waals surface area (Å²) in [7, 11) is -3.95. The Morgan fingerprint density at radius 3 is 1.79 bits per heavy atom. The maximum Gasteiger partial charge on any atom is 0.408 e. The average Bonchev–Trinajstić information content (AvgIpc) is 2.76. The molecule has 0 fully saturated rings. The largest absolute Gasteiger partial charge is 0.444 e. The van der Waals surface area contributed by atoms with E-state index in [0.29, 0.717) is 11.3 Å². The van der Waals surface area contributed by atoms with Gasteiger partial charge in [0, 0.05) is 5.69 Å². The van der Waals surface area contributed by atoms with Crippen LogP contribution in [0.5, 0.6) is 0 Å². The number of nitrogens with two attached hydrogens (primary N) is 1. The van der Waals surface area contributed by atoms with Crippen molar-refractivity contribution in [2.45, 2.75) is 43.4 Å². The van der Waals surface area contributed by atoms with Crippen molar-refractivity contribution in [3.63, 3.8) is 0 Å². The second-order valence-electron chi connectivity index (χ2n) is 8.61. The Labute approximate surface area is 195 Å². The van der Waals surface area contributed by atoms with Crippen LogP contribution < -0.4 is 15.8 Å². The Bertz CT molecular complexity index is 1160. The summed E-state index contributed by atoms with van der Waals surface area (Å²) in [6.45, 7) is 5.30. The molecule has 0 aromatic heterocycles. The van der Waals surface area contributed by atoms with Crippen LogP contribution in [0.3, 0.4) is 0 Å². The molecule has 0 aliphatic carbocycles. The quantitative estimate of drug-likeness (QED) is 0.441. The zero-order valence-corrected chi connectivity index (χ0v) is 19.7. The number of sulfonamides is 1. The van der Waals surface area contributed by atoms with Crippen LogP contribution in [0.4, 0.5) is 10.5 Å². The van der Waals surface area contributed by atoms with E-state index in [0.717, 1.165) is 5.56 Å². The van der Waals surface area contributed by atoms with Crippen molar-refractivity contribution in [2.75, 3.05) is 5.73 Å². The van der Waals surface area contributed by atoms with E-state index in [2.05, 4.69) is 10.0 Å². The lowest BCUT2D eigenvalue weighted by Crippen LogP contribution is -2.42. The smallest absolute Gasteiger partial charge is 0.408 e. The number of rotatable bonds is 7. The Balaban J connectivity index is 2.05. The summed E-state index contributed by atoms with van der Waals surface area (Å²) in [5.74, 6) is 0. The van der Waals surface area contributed by atoms with Gasteiger partial charge in [-0.05, 0) is 56.2 Å². The molecule has 0 bridgehead atoms. The van der Waals surface area contributed by atoms with Gasteiger partial charge < -0.3 is 15.8 Å². The lowest BCUT2D eigenvalue weighted by Gasteiger charge is -2.30. The zero-order valence-electron chi connectivity index (χ0n) is 18.9. The number of carbonyl (C=O) groups excluding carboxylic acids is 1. The fourth-order valence-electron chi connectivity index (χ4n) is 3.33. The Morgan fingerprint density at radius 2 is 1.30 bits per heavy atom. The molecule has 3 aromatic carbocycles. The predicted molar refractivity (Wildman–Crippen MR) is 129 cm³/mol. The third-order valence-corrected chi connectivity index (χ3v) is 6.25. The van der Waals surface area contributed by atoms with E-state index >= 15 is 0 Å². The van der Waals surface area contributed by atoms with Crippen molar-refractivity contribution in [1.29, 1.82) is 0 Å². The molecule has 0 aliphatic rings. The third-order valence-electron chi connectivity index (χ3n) is 4.80. The molecule has 0 heterocycles. The predicted octanol–water partition coefficient (Wildman–Crippen LogP) is 4.55. The van der Waals surface area contributed by atoms with Gasteiger partial charge in [-0.2, -0.15) is 0 Å². The highest BCUT2D eigenvalue weighted by Crippen LogP contribution is 2.31. The summed E-state index contributed by atoms with van der Waals surface area (Å²) < 4.78 is 34.8. The fourth-order valence-corrected chi connectivity index (χ4v) is 4.56. The third kappa shape index (κ3) is 6.81. The van der Waals surface area contributed by atoms with Gasteiger partial charge in [0.15, 0.2) is 0 Å². The van der Waals surface area contributed by atoms with Crippen molar-refractivity contribution in [3.05, 3.63) is 96.1 Å². The van der Waals surface area contributed by atoms with Crippen LogP contribution in [0.2, 0.25) is 0 Å². The number of hydrogen-bond acceptors (Lipinski definition) is 5. The molecule has 0 saturated heterocycles. The molecule has 174 valence electrons. The number of benzene rings is 3. The van der Waals surface area contributed by atoms with Gasteiger partial charge in [0.25, 0.3) is 0 Å². The topological polar surface area (TPSA) is 111 Å². The van der Waals surface area contributed by atoms with Crippen molar-refractivity contribution in [3.8, 4) is 0 Å². The minimum atomic E-state index is -3.95. The summed E-state index contributed by atoms with van der Waals surface area (Å²) >= 11 is 0. The summed E-state index contributed by atoms with van der Waals surface area (Å²) in [4.78, 5) is 12.8. The molecule has 0 radical (unpaired) electrons. The van der Waals surface area contributed by atoms with Crippen molar-refractivity contribution < 1.29 is 17.9 Å². The summed E-state index contributed by atoms with van der Waals surface area (Å²) in [5, 5.41) is 2.86. The van der Waals surface area contributed by atoms with Crippen LogP contribution in [0.1, 0.15) is 44.0 Å². The maximum absolute atomic E-state index is 13.3. The monoisotopic (exact) mass is 467 g/mol. The number of nitrogens with one attached hydrogen (secondary N) is 2. The Hall–Kier alpha value is -3.36. The SMILES string of the molecule is CC(C)(C)OC(=O)N[C@@H](c1ccccc1)[C@@H](NS(=O)(=O)c1ccc(N)cc1)c1ccccc1. The molecule has 0 spiro atoms. The number of amides is 1. The fraction of sp³-hybridized carbons (Fsp3) is 0.240. The number of alkyl carbamates (subject to hydrolysis) is 1. The van der Waals surface area contributed by atoms with Crippen LogP contribution >= 0.6 is 0 Å². The normalized spacial score (nSPS) is 13.7. The van der Waals surface area contributed by atoms with E-state index in [9.17, 15) is 13.2 Å².